The highest BCUT2D eigenvalue weighted by molar-refractivity contribution is 4.99. The molecule has 0 saturated carbocycles. The highest BCUT2D eigenvalue weighted by Gasteiger charge is 2.03. The fourth-order valence-electron chi connectivity index (χ4n) is 1.41. The largest absolute Gasteiger partial charge is 0.475 e. The van der Waals surface area contributed by atoms with Crippen LogP contribution < -0.4 is 4.74 Å². The summed E-state index contributed by atoms with van der Waals surface area (Å²) in [6.45, 7) is 9.37. The minimum absolute atomic E-state index is 0.339. The molecule has 0 N–H and O–H groups in total. The van der Waals surface area contributed by atoms with E-state index in [0.29, 0.717) is 11.9 Å². The molecule has 0 unspecified atom stereocenters. The van der Waals surface area contributed by atoms with Crippen LogP contribution in [-0.2, 0) is 0 Å². The van der Waals surface area contributed by atoms with Crippen LogP contribution in [0.4, 0.5) is 0 Å². The van der Waals surface area contributed by atoms with E-state index in [2.05, 4.69) is 38.0 Å². The van der Waals surface area contributed by atoms with Crippen LogP contribution in [0.3, 0.4) is 0 Å². The summed E-state index contributed by atoms with van der Waals surface area (Å²) in [6, 6.07) is 0.339. The third kappa shape index (κ3) is 4.64. The molecular weight excluding hydrogens is 202 g/mol. The van der Waals surface area contributed by atoms with Crippen LogP contribution in [0, 0.1) is 5.92 Å². The summed E-state index contributed by atoms with van der Waals surface area (Å²) in [5.74, 6) is 1.42. The number of aromatic nitrogens is 3. The van der Waals surface area contributed by atoms with Crippen molar-refractivity contribution in [1.82, 2.24) is 15.0 Å². The SMILES string of the molecule is CC(C)CCCCOc1cn(C(C)C)nn1. The van der Waals surface area contributed by atoms with Crippen molar-refractivity contribution >= 4 is 0 Å². The molecule has 0 bridgehead atoms. The summed E-state index contributed by atoms with van der Waals surface area (Å²) in [4.78, 5) is 0. The molecule has 0 aliphatic rings. The van der Waals surface area contributed by atoms with E-state index >= 15 is 0 Å². The maximum atomic E-state index is 5.52. The summed E-state index contributed by atoms with van der Waals surface area (Å²) in [6.07, 6.45) is 5.43. The molecule has 1 rings (SSSR count). The van der Waals surface area contributed by atoms with Crippen LogP contribution in [0.1, 0.15) is 53.0 Å². The lowest BCUT2D eigenvalue weighted by atomic mass is 10.1. The molecule has 1 heterocycles. The molecule has 0 saturated heterocycles. The minimum atomic E-state index is 0.339. The van der Waals surface area contributed by atoms with Gasteiger partial charge in [0.05, 0.1) is 12.8 Å². The molecule has 0 aliphatic carbocycles. The second-order valence-corrected chi connectivity index (χ2v) is 4.87. The lowest BCUT2D eigenvalue weighted by Gasteiger charge is -2.04. The van der Waals surface area contributed by atoms with E-state index in [1.54, 1.807) is 0 Å². The van der Waals surface area contributed by atoms with Crippen LogP contribution >= 0.6 is 0 Å². The first-order valence-corrected chi connectivity index (χ1v) is 6.14. The van der Waals surface area contributed by atoms with Gasteiger partial charge in [-0.1, -0.05) is 30.6 Å². The normalized spacial score (nSPS) is 11.4. The van der Waals surface area contributed by atoms with Gasteiger partial charge in [-0.25, -0.2) is 4.68 Å². The highest BCUT2D eigenvalue weighted by atomic mass is 16.5. The molecule has 0 aliphatic heterocycles. The molecule has 0 atom stereocenters. The van der Waals surface area contributed by atoms with Gasteiger partial charge in [-0.15, -0.1) is 0 Å². The van der Waals surface area contributed by atoms with Gasteiger partial charge in [-0.05, 0) is 32.6 Å². The van der Waals surface area contributed by atoms with Crippen molar-refractivity contribution < 1.29 is 4.74 Å². The predicted octanol–water partition coefficient (Wildman–Crippen LogP) is 3.06. The van der Waals surface area contributed by atoms with Crippen LogP contribution in [0.2, 0.25) is 0 Å². The lowest BCUT2D eigenvalue weighted by Crippen LogP contribution is -2.00. The van der Waals surface area contributed by atoms with Crippen LogP contribution in [-0.4, -0.2) is 21.6 Å². The first-order valence-electron chi connectivity index (χ1n) is 6.14. The van der Waals surface area contributed by atoms with Crippen molar-refractivity contribution in [2.24, 2.45) is 5.92 Å². The molecule has 92 valence electrons. The van der Waals surface area contributed by atoms with Gasteiger partial charge in [0.1, 0.15) is 0 Å². The Balaban J connectivity index is 2.17. The Kier molecular flexibility index (Phi) is 5.29. The highest BCUT2D eigenvalue weighted by Crippen LogP contribution is 2.10. The number of unbranched alkanes of at least 4 members (excludes halogenated alkanes) is 1. The second kappa shape index (κ2) is 6.51. The van der Waals surface area contributed by atoms with Gasteiger partial charge < -0.3 is 4.74 Å². The molecule has 16 heavy (non-hydrogen) atoms. The molecular formula is C12H23N3O. The number of ether oxygens (including phenoxy) is 1. The summed E-state index contributed by atoms with van der Waals surface area (Å²) < 4.78 is 7.33. The minimum Gasteiger partial charge on any atom is -0.475 e. The summed E-state index contributed by atoms with van der Waals surface area (Å²) in [5.41, 5.74) is 0. The van der Waals surface area contributed by atoms with Gasteiger partial charge >= 0.3 is 0 Å². The van der Waals surface area contributed by atoms with Crippen molar-refractivity contribution in [2.75, 3.05) is 6.61 Å². The standard InChI is InChI=1S/C12H23N3O/c1-10(2)7-5-6-8-16-12-9-15(11(3)4)14-13-12/h9-11H,5-8H2,1-4H3. The second-order valence-electron chi connectivity index (χ2n) is 4.87. The number of hydrogen-bond donors (Lipinski definition) is 0. The quantitative estimate of drug-likeness (QED) is 0.669. The zero-order valence-electron chi connectivity index (χ0n) is 10.8. The fraction of sp³-hybridized carbons (Fsp3) is 0.833. The third-order valence-corrected chi connectivity index (χ3v) is 2.44. The van der Waals surface area contributed by atoms with Crippen LogP contribution in [0.5, 0.6) is 5.88 Å². The molecule has 1 aromatic heterocycles. The lowest BCUT2D eigenvalue weighted by molar-refractivity contribution is 0.290. The van der Waals surface area contributed by atoms with Gasteiger partial charge in [0.2, 0.25) is 0 Å². The summed E-state index contributed by atoms with van der Waals surface area (Å²) >= 11 is 0. The Morgan fingerprint density at radius 2 is 2.00 bits per heavy atom. The number of hydrogen-bond acceptors (Lipinski definition) is 3. The van der Waals surface area contributed by atoms with E-state index in [4.69, 9.17) is 4.74 Å². The molecule has 4 heteroatoms. The summed E-state index contributed by atoms with van der Waals surface area (Å²) in [5, 5.41) is 7.95. The molecule has 1 aromatic rings. The number of rotatable bonds is 7. The summed E-state index contributed by atoms with van der Waals surface area (Å²) in [7, 11) is 0. The van der Waals surface area contributed by atoms with Crippen molar-refractivity contribution in [3.8, 4) is 5.88 Å². The Bertz CT molecular complexity index is 294. The molecule has 4 nitrogen and oxygen atoms in total. The Morgan fingerprint density at radius 1 is 1.25 bits per heavy atom. The van der Waals surface area contributed by atoms with E-state index in [9.17, 15) is 0 Å². The number of nitrogens with zero attached hydrogens (tertiary/aromatic N) is 3. The molecule has 0 spiro atoms. The maximum absolute atomic E-state index is 5.52. The van der Waals surface area contributed by atoms with E-state index in [1.165, 1.54) is 12.8 Å². The van der Waals surface area contributed by atoms with Crippen LogP contribution in [0.15, 0.2) is 6.20 Å². The zero-order valence-corrected chi connectivity index (χ0v) is 10.8. The topological polar surface area (TPSA) is 39.9 Å². The fourth-order valence-corrected chi connectivity index (χ4v) is 1.41. The van der Waals surface area contributed by atoms with Gasteiger partial charge in [-0.2, -0.15) is 0 Å². The monoisotopic (exact) mass is 225 g/mol. The predicted molar refractivity (Wildman–Crippen MR) is 64.6 cm³/mol. The molecule has 0 fully saturated rings. The Hall–Kier alpha value is -1.06. The van der Waals surface area contributed by atoms with E-state index in [0.717, 1.165) is 18.9 Å². The van der Waals surface area contributed by atoms with Gasteiger partial charge in [-0.3, -0.25) is 0 Å². The molecule has 0 aromatic carbocycles. The molecule has 0 radical (unpaired) electrons. The maximum Gasteiger partial charge on any atom is 0.253 e. The smallest absolute Gasteiger partial charge is 0.253 e. The van der Waals surface area contributed by atoms with E-state index < -0.39 is 0 Å². The average molecular weight is 225 g/mol. The zero-order chi connectivity index (χ0) is 12.0. The van der Waals surface area contributed by atoms with Gasteiger partial charge in [0.25, 0.3) is 5.88 Å². The average Bonchev–Trinajstić information content (AvgIpc) is 2.65. The van der Waals surface area contributed by atoms with E-state index in [-0.39, 0.29) is 0 Å². The first kappa shape index (κ1) is 13.0. The van der Waals surface area contributed by atoms with Crippen molar-refractivity contribution in [1.29, 1.82) is 0 Å². The molecule has 0 amide bonds. The third-order valence-electron chi connectivity index (χ3n) is 2.44. The van der Waals surface area contributed by atoms with E-state index in [1.807, 2.05) is 10.9 Å². The van der Waals surface area contributed by atoms with Gasteiger partial charge in [0.15, 0.2) is 0 Å². The Labute approximate surface area is 98.0 Å². The van der Waals surface area contributed by atoms with Crippen molar-refractivity contribution in [3.63, 3.8) is 0 Å². The first-order chi connectivity index (χ1) is 7.59. The van der Waals surface area contributed by atoms with Crippen molar-refractivity contribution in [3.05, 3.63) is 6.20 Å². The van der Waals surface area contributed by atoms with Gasteiger partial charge in [0, 0.05) is 6.04 Å². The van der Waals surface area contributed by atoms with Crippen LogP contribution in [0.25, 0.3) is 0 Å². The Morgan fingerprint density at radius 3 is 2.56 bits per heavy atom. The van der Waals surface area contributed by atoms with Crippen molar-refractivity contribution in [2.45, 2.75) is 53.0 Å².